The number of rotatable bonds is 6. The molecular formula is C16H22N4O4. The number of nitro benzene ring substituents is 1. The molecule has 1 aromatic rings. The minimum absolute atomic E-state index is 0.00140. The molecule has 0 spiro atoms. The summed E-state index contributed by atoms with van der Waals surface area (Å²) in [6.45, 7) is 5.38. The third-order valence-electron chi connectivity index (χ3n) is 3.97. The van der Waals surface area contributed by atoms with Gasteiger partial charge in [0.1, 0.15) is 0 Å². The van der Waals surface area contributed by atoms with Crippen molar-refractivity contribution < 1.29 is 14.5 Å². The van der Waals surface area contributed by atoms with E-state index < -0.39 is 4.92 Å². The van der Waals surface area contributed by atoms with Gasteiger partial charge in [-0.05, 0) is 12.5 Å². The van der Waals surface area contributed by atoms with Crippen LogP contribution in [0.4, 0.5) is 5.69 Å². The molecule has 1 aromatic carbocycles. The largest absolute Gasteiger partial charge is 0.355 e. The van der Waals surface area contributed by atoms with Crippen molar-refractivity contribution in [1.82, 2.24) is 15.1 Å². The first kappa shape index (κ1) is 17.9. The van der Waals surface area contributed by atoms with Gasteiger partial charge in [-0.1, -0.05) is 12.1 Å². The molecule has 0 saturated carbocycles. The van der Waals surface area contributed by atoms with Crippen molar-refractivity contribution in [3.8, 4) is 0 Å². The Balaban J connectivity index is 1.80. The average molecular weight is 334 g/mol. The maximum absolute atomic E-state index is 12.3. The molecule has 0 atom stereocenters. The summed E-state index contributed by atoms with van der Waals surface area (Å²) in [5, 5.41) is 13.4. The van der Waals surface area contributed by atoms with E-state index in [1.807, 2.05) is 11.8 Å². The molecule has 1 aliphatic heterocycles. The van der Waals surface area contributed by atoms with Gasteiger partial charge in [-0.15, -0.1) is 0 Å². The zero-order valence-corrected chi connectivity index (χ0v) is 13.7. The summed E-state index contributed by atoms with van der Waals surface area (Å²) >= 11 is 0. The van der Waals surface area contributed by atoms with E-state index in [9.17, 15) is 19.7 Å². The lowest BCUT2D eigenvalue weighted by molar-refractivity contribution is -0.384. The Bertz CT molecular complexity index is 595. The molecule has 1 saturated heterocycles. The average Bonchev–Trinajstić information content (AvgIpc) is 2.56. The molecule has 0 aliphatic carbocycles. The van der Waals surface area contributed by atoms with Gasteiger partial charge in [-0.3, -0.25) is 24.6 Å². The summed E-state index contributed by atoms with van der Waals surface area (Å²) in [5.41, 5.74) is 0.778. The van der Waals surface area contributed by atoms with E-state index in [2.05, 4.69) is 5.32 Å². The number of carbonyl (C=O) groups excluding carboxylic acids is 2. The Morgan fingerprint density at radius 3 is 2.33 bits per heavy atom. The van der Waals surface area contributed by atoms with Crippen LogP contribution in [-0.4, -0.2) is 65.8 Å². The number of nitrogens with one attached hydrogen (secondary N) is 1. The summed E-state index contributed by atoms with van der Waals surface area (Å²) < 4.78 is 0. The van der Waals surface area contributed by atoms with Crippen molar-refractivity contribution in [2.75, 3.05) is 39.3 Å². The van der Waals surface area contributed by atoms with Crippen LogP contribution in [0, 0.1) is 10.1 Å². The smallest absolute Gasteiger partial charge is 0.269 e. The summed E-state index contributed by atoms with van der Waals surface area (Å²) in [6, 6.07) is 6.04. The van der Waals surface area contributed by atoms with Crippen molar-refractivity contribution in [3.05, 3.63) is 39.9 Å². The molecule has 8 nitrogen and oxygen atoms in total. The first-order chi connectivity index (χ1) is 11.5. The van der Waals surface area contributed by atoms with Crippen LogP contribution in [0.3, 0.4) is 0 Å². The topological polar surface area (TPSA) is 95.8 Å². The Labute approximate surface area is 140 Å². The molecular weight excluding hydrogens is 312 g/mol. The van der Waals surface area contributed by atoms with Gasteiger partial charge >= 0.3 is 0 Å². The Kier molecular flexibility index (Phi) is 6.25. The highest BCUT2D eigenvalue weighted by Crippen LogP contribution is 2.13. The molecule has 0 aromatic heterocycles. The van der Waals surface area contributed by atoms with Gasteiger partial charge in [0.15, 0.2) is 0 Å². The van der Waals surface area contributed by atoms with Gasteiger partial charge in [0, 0.05) is 44.9 Å². The van der Waals surface area contributed by atoms with Crippen LogP contribution >= 0.6 is 0 Å². The number of non-ortho nitro benzene ring substituents is 1. The Morgan fingerprint density at radius 1 is 1.17 bits per heavy atom. The lowest BCUT2D eigenvalue weighted by Gasteiger charge is -2.34. The molecule has 0 radical (unpaired) electrons. The minimum atomic E-state index is -0.459. The van der Waals surface area contributed by atoms with Crippen molar-refractivity contribution in [2.24, 2.45) is 0 Å². The van der Waals surface area contributed by atoms with Crippen molar-refractivity contribution in [1.29, 1.82) is 0 Å². The highest BCUT2D eigenvalue weighted by Gasteiger charge is 2.22. The van der Waals surface area contributed by atoms with E-state index in [4.69, 9.17) is 0 Å². The van der Waals surface area contributed by atoms with Crippen LogP contribution in [0.2, 0.25) is 0 Å². The van der Waals surface area contributed by atoms with Crippen LogP contribution in [0.5, 0.6) is 0 Å². The highest BCUT2D eigenvalue weighted by molar-refractivity contribution is 5.79. The standard InChI is InChI=1S/C16H22N4O4/c1-2-17-15(21)12-18-7-9-19(10-8-18)16(22)11-13-3-5-14(6-4-13)20(23)24/h3-6H,2,7-12H2,1H3,(H,17,21). The van der Waals surface area contributed by atoms with Crippen molar-refractivity contribution in [2.45, 2.75) is 13.3 Å². The molecule has 1 heterocycles. The lowest BCUT2D eigenvalue weighted by Crippen LogP contribution is -2.51. The van der Waals surface area contributed by atoms with Gasteiger partial charge in [-0.2, -0.15) is 0 Å². The number of amides is 2. The van der Waals surface area contributed by atoms with E-state index in [1.165, 1.54) is 12.1 Å². The zero-order chi connectivity index (χ0) is 17.5. The second-order valence-corrected chi connectivity index (χ2v) is 5.71. The fourth-order valence-electron chi connectivity index (χ4n) is 2.63. The van der Waals surface area contributed by atoms with Crippen LogP contribution in [0.15, 0.2) is 24.3 Å². The first-order valence-electron chi connectivity index (χ1n) is 7.99. The Hall–Kier alpha value is -2.48. The van der Waals surface area contributed by atoms with E-state index in [1.54, 1.807) is 17.0 Å². The highest BCUT2D eigenvalue weighted by atomic mass is 16.6. The molecule has 0 bridgehead atoms. The van der Waals surface area contributed by atoms with E-state index in [-0.39, 0.29) is 23.9 Å². The molecule has 0 unspecified atom stereocenters. The van der Waals surface area contributed by atoms with Crippen LogP contribution in [-0.2, 0) is 16.0 Å². The summed E-state index contributed by atoms with van der Waals surface area (Å²) in [6.07, 6.45) is 0.230. The zero-order valence-electron chi connectivity index (χ0n) is 13.7. The summed E-state index contributed by atoms with van der Waals surface area (Å²) in [4.78, 5) is 37.8. The molecule has 8 heteroatoms. The second-order valence-electron chi connectivity index (χ2n) is 5.71. The SMILES string of the molecule is CCNC(=O)CN1CCN(C(=O)Cc2ccc([N+](=O)[O-])cc2)CC1. The van der Waals surface area contributed by atoms with Crippen molar-refractivity contribution >= 4 is 17.5 Å². The van der Waals surface area contributed by atoms with E-state index >= 15 is 0 Å². The number of nitro groups is 1. The molecule has 1 N–H and O–H groups in total. The summed E-state index contributed by atoms with van der Waals surface area (Å²) in [5.74, 6) is 0.00432. The third kappa shape index (κ3) is 5.02. The number of hydrogen-bond donors (Lipinski definition) is 1. The second kappa shape index (κ2) is 8.39. The van der Waals surface area contributed by atoms with Gasteiger partial charge in [0.05, 0.1) is 17.9 Å². The first-order valence-corrected chi connectivity index (χ1v) is 7.99. The minimum Gasteiger partial charge on any atom is -0.355 e. The van der Waals surface area contributed by atoms with Crippen LogP contribution < -0.4 is 5.32 Å². The quantitative estimate of drug-likeness (QED) is 0.601. The fourth-order valence-corrected chi connectivity index (χ4v) is 2.63. The van der Waals surface area contributed by atoms with Gasteiger partial charge in [0.2, 0.25) is 11.8 Å². The third-order valence-corrected chi connectivity index (χ3v) is 3.97. The predicted molar refractivity (Wildman–Crippen MR) is 88.5 cm³/mol. The van der Waals surface area contributed by atoms with E-state index in [0.717, 1.165) is 5.56 Å². The molecule has 2 rings (SSSR count). The Morgan fingerprint density at radius 2 is 1.79 bits per heavy atom. The number of carbonyl (C=O) groups is 2. The fraction of sp³-hybridized carbons (Fsp3) is 0.500. The normalized spacial score (nSPS) is 15.1. The number of piperazine rings is 1. The predicted octanol–water partition coefficient (Wildman–Crippen LogP) is 0.418. The number of nitrogens with zero attached hydrogens (tertiary/aromatic N) is 3. The van der Waals surface area contributed by atoms with Gasteiger partial charge < -0.3 is 10.2 Å². The van der Waals surface area contributed by atoms with Crippen molar-refractivity contribution in [3.63, 3.8) is 0 Å². The number of hydrogen-bond acceptors (Lipinski definition) is 5. The van der Waals surface area contributed by atoms with Crippen LogP contribution in [0.25, 0.3) is 0 Å². The maximum atomic E-state index is 12.3. The van der Waals surface area contributed by atoms with E-state index in [0.29, 0.717) is 39.3 Å². The molecule has 130 valence electrons. The monoisotopic (exact) mass is 334 g/mol. The molecule has 24 heavy (non-hydrogen) atoms. The molecule has 1 fully saturated rings. The summed E-state index contributed by atoms with van der Waals surface area (Å²) in [7, 11) is 0. The molecule has 1 aliphatic rings. The van der Waals surface area contributed by atoms with Gasteiger partial charge in [0.25, 0.3) is 5.69 Å². The maximum Gasteiger partial charge on any atom is 0.269 e. The number of likely N-dealkylation sites (N-methyl/N-ethyl adjacent to an activating group) is 1. The number of benzene rings is 1. The van der Waals surface area contributed by atoms with Gasteiger partial charge in [-0.25, -0.2) is 0 Å². The molecule has 2 amide bonds. The lowest BCUT2D eigenvalue weighted by atomic mass is 10.1. The van der Waals surface area contributed by atoms with Crippen LogP contribution in [0.1, 0.15) is 12.5 Å².